The second kappa shape index (κ2) is 8.12. The molecule has 33 heavy (non-hydrogen) atoms. The van der Waals surface area contributed by atoms with E-state index in [1.165, 1.54) is 10.5 Å². The Morgan fingerprint density at radius 2 is 2.00 bits per heavy atom. The Hall–Kier alpha value is -4.07. The normalized spacial score (nSPS) is 17.8. The van der Waals surface area contributed by atoms with Gasteiger partial charge in [-0.05, 0) is 60.4 Å². The minimum absolute atomic E-state index is 0.198. The summed E-state index contributed by atoms with van der Waals surface area (Å²) in [6, 6.07) is 12.2. The third kappa shape index (κ3) is 3.84. The van der Waals surface area contributed by atoms with E-state index in [-0.39, 0.29) is 30.7 Å². The van der Waals surface area contributed by atoms with E-state index in [1.807, 2.05) is 18.2 Å². The summed E-state index contributed by atoms with van der Waals surface area (Å²) < 4.78 is 0. The van der Waals surface area contributed by atoms with Gasteiger partial charge in [-0.2, -0.15) is 0 Å². The maximum absolute atomic E-state index is 12.9. The van der Waals surface area contributed by atoms with E-state index in [1.54, 1.807) is 24.4 Å². The van der Waals surface area contributed by atoms with Crippen LogP contribution in [0.3, 0.4) is 0 Å². The van der Waals surface area contributed by atoms with Crippen LogP contribution >= 0.6 is 0 Å². The minimum Gasteiger partial charge on any atom is -0.322 e. The molecule has 3 aromatic rings. The molecule has 1 aromatic heterocycles. The molecule has 1 unspecified atom stereocenters. The summed E-state index contributed by atoms with van der Waals surface area (Å²) in [5.41, 5.74) is 4.19. The molecule has 3 heterocycles. The Kier molecular flexibility index (Phi) is 5.12. The van der Waals surface area contributed by atoms with Crippen LogP contribution in [0.25, 0.3) is 10.9 Å². The molecule has 8 heteroatoms. The zero-order valence-corrected chi connectivity index (χ0v) is 18.1. The van der Waals surface area contributed by atoms with E-state index in [4.69, 9.17) is 0 Å². The first kappa shape index (κ1) is 20.8. The largest absolute Gasteiger partial charge is 0.322 e. The van der Waals surface area contributed by atoms with E-state index in [0.717, 1.165) is 17.3 Å². The number of hydrogen-bond acceptors (Lipinski definition) is 5. The molecular formula is C25H22N4O4. The summed E-state index contributed by atoms with van der Waals surface area (Å²) >= 11 is 0. The topological polar surface area (TPSA) is 108 Å². The zero-order valence-electron chi connectivity index (χ0n) is 18.1. The minimum atomic E-state index is -0.684. The number of aryl methyl sites for hydroxylation is 1. The number of imide groups is 1. The SMILES string of the molecule is CCc1ccc2ncc(NC(=O)c3ccc4c(c3)CN(C3CCC(=O)NC3=O)C4=O)cc2c1. The number of amides is 4. The van der Waals surface area contributed by atoms with Crippen molar-refractivity contribution in [1.29, 1.82) is 0 Å². The third-order valence-corrected chi connectivity index (χ3v) is 6.20. The number of nitrogens with one attached hydrogen (secondary N) is 2. The smallest absolute Gasteiger partial charge is 0.255 e. The van der Waals surface area contributed by atoms with Crippen molar-refractivity contribution in [2.45, 2.75) is 38.8 Å². The van der Waals surface area contributed by atoms with Gasteiger partial charge in [-0.15, -0.1) is 0 Å². The summed E-state index contributed by atoms with van der Waals surface area (Å²) in [5.74, 6) is -1.36. The molecule has 4 amide bonds. The fraction of sp³-hybridized carbons (Fsp3) is 0.240. The van der Waals surface area contributed by atoms with Gasteiger partial charge in [-0.25, -0.2) is 0 Å². The predicted molar refractivity (Wildman–Crippen MR) is 122 cm³/mol. The first-order valence-corrected chi connectivity index (χ1v) is 10.9. The van der Waals surface area contributed by atoms with E-state index in [2.05, 4.69) is 28.6 Å². The second-order valence-corrected chi connectivity index (χ2v) is 8.33. The molecule has 5 rings (SSSR count). The van der Waals surface area contributed by atoms with Crippen molar-refractivity contribution in [3.8, 4) is 0 Å². The van der Waals surface area contributed by atoms with Crippen molar-refractivity contribution in [3.05, 3.63) is 70.9 Å². The molecule has 2 aliphatic heterocycles. The van der Waals surface area contributed by atoms with Gasteiger partial charge < -0.3 is 10.2 Å². The molecule has 0 saturated carbocycles. The number of nitrogens with zero attached hydrogens (tertiary/aromatic N) is 2. The number of carbonyl (C=O) groups is 4. The molecule has 1 atom stereocenters. The lowest BCUT2D eigenvalue weighted by Gasteiger charge is -2.29. The maximum atomic E-state index is 12.9. The lowest BCUT2D eigenvalue weighted by atomic mass is 10.0. The van der Waals surface area contributed by atoms with Gasteiger partial charge in [0.15, 0.2) is 0 Å². The van der Waals surface area contributed by atoms with Gasteiger partial charge in [-0.3, -0.25) is 29.5 Å². The number of rotatable bonds is 4. The fourth-order valence-electron chi connectivity index (χ4n) is 4.39. The van der Waals surface area contributed by atoms with E-state index in [9.17, 15) is 19.2 Å². The fourth-order valence-corrected chi connectivity index (χ4v) is 4.39. The molecule has 2 N–H and O–H groups in total. The summed E-state index contributed by atoms with van der Waals surface area (Å²) in [4.78, 5) is 55.2. The Labute approximate surface area is 190 Å². The number of pyridine rings is 1. The summed E-state index contributed by atoms with van der Waals surface area (Å²) in [5, 5.41) is 6.11. The molecule has 166 valence electrons. The Bertz CT molecular complexity index is 1330. The average molecular weight is 442 g/mol. The van der Waals surface area contributed by atoms with Crippen molar-refractivity contribution >= 4 is 40.2 Å². The van der Waals surface area contributed by atoms with Crippen LogP contribution < -0.4 is 10.6 Å². The van der Waals surface area contributed by atoms with Crippen LogP contribution in [-0.4, -0.2) is 39.6 Å². The molecular weight excluding hydrogens is 420 g/mol. The number of benzene rings is 2. The van der Waals surface area contributed by atoms with Crippen molar-refractivity contribution in [2.24, 2.45) is 0 Å². The van der Waals surface area contributed by atoms with Crippen molar-refractivity contribution in [3.63, 3.8) is 0 Å². The summed E-state index contributed by atoms with van der Waals surface area (Å²) in [7, 11) is 0. The quantitative estimate of drug-likeness (QED) is 0.604. The van der Waals surface area contributed by atoms with E-state index >= 15 is 0 Å². The molecule has 0 aliphatic carbocycles. The summed E-state index contributed by atoms with van der Waals surface area (Å²) in [6.45, 7) is 2.30. The molecule has 0 bridgehead atoms. The number of fused-ring (bicyclic) bond motifs is 2. The van der Waals surface area contributed by atoms with Crippen LogP contribution in [0.5, 0.6) is 0 Å². The van der Waals surface area contributed by atoms with E-state index in [0.29, 0.717) is 28.8 Å². The average Bonchev–Trinajstić information content (AvgIpc) is 3.14. The van der Waals surface area contributed by atoms with Crippen LogP contribution in [0.4, 0.5) is 5.69 Å². The van der Waals surface area contributed by atoms with Gasteiger partial charge in [0.2, 0.25) is 11.8 Å². The van der Waals surface area contributed by atoms with E-state index < -0.39 is 11.9 Å². The molecule has 1 fully saturated rings. The highest BCUT2D eigenvalue weighted by molar-refractivity contribution is 6.08. The number of carbonyl (C=O) groups excluding carboxylic acids is 4. The molecule has 1 saturated heterocycles. The Morgan fingerprint density at radius 3 is 2.79 bits per heavy atom. The number of aromatic nitrogens is 1. The number of hydrogen-bond donors (Lipinski definition) is 2. The van der Waals surface area contributed by atoms with Crippen LogP contribution in [0, 0.1) is 0 Å². The van der Waals surface area contributed by atoms with Gasteiger partial charge in [0.1, 0.15) is 6.04 Å². The Morgan fingerprint density at radius 1 is 1.15 bits per heavy atom. The first-order valence-electron chi connectivity index (χ1n) is 10.9. The van der Waals surface area contributed by atoms with Gasteiger partial charge >= 0.3 is 0 Å². The van der Waals surface area contributed by atoms with Crippen molar-refractivity contribution in [1.82, 2.24) is 15.2 Å². The molecule has 2 aromatic carbocycles. The maximum Gasteiger partial charge on any atom is 0.255 e. The standard InChI is InChI=1S/C25H22N4O4/c1-2-14-3-6-20-16(9-14)11-18(12-26-20)27-23(31)15-4-5-19-17(10-15)13-29(25(19)33)21-7-8-22(30)28-24(21)32/h3-6,9-12,21H,2,7-8,13H2,1H3,(H,27,31)(H,28,30,32). The number of piperidine rings is 1. The van der Waals surface area contributed by atoms with Crippen molar-refractivity contribution in [2.75, 3.05) is 5.32 Å². The second-order valence-electron chi connectivity index (χ2n) is 8.33. The highest BCUT2D eigenvalue weighted by atomic mass is 16.2. The highest BCUT2D eigenvalue weighted by Crippen LogP contribution is 2.28. The highest BCUT2D eigenvalue weighted by Gasteiger charge is 2.39. The van der Waals surface area contributed by atoms with Crippen molar-refractivity contribution < 1.29 is 19.2 Å². The predicted octanol–water partition coefficient (Wildman–Crippen LogP) is 2.81. The van der Waals surface area contributed by atoms with Crippen LogP contribution in [0.2, 0.25) is 0 Å². The van der Waals surface area contributed by atoms with Crippen LogP contribution in [0.1, 0.15) is 51.6 Å². The van der Waals surface area contributed by atoms with Gasteiger partial charge in [0.05, 0.1) is 17.4 Å². The van der Waals surface area contributed by atoms with Gasteiger partial charge in [-0.1, -0.05) is 13.0 Å². The number of anilines is 1. The lowest BCUT2D eigenvalue weighted by Crippen LogP contribution is -2.52. The molecule has 0 radical (unpaired) electrons. The molecule has 0 spiro atoms. The summed E-state index contributed by atoms with van der Waals surface area (Å²) in [6.07, 6.45) is 3.03. The molecule has 2 aliphatic rings. The Balaban J connectivity index is 1.34. The van der Waals surface area contributed by atoms with Crippen LogP contribution in [-0.2, 0) is 22.6 Å². The first-order chi connectivity index (χ1) is 15.9. The zero-order chi connectivity index (χ0) is 23.1. The third-order valence-electron chi connectivity index (χ3n) is 6.20. The van der Waals surface area contributed by atoms with Gasteiger partial charge in [0, 0.05) is 29.5 Å². The van der Waals surface area contributed by atoms with Crippen LogP contribution in [0.15, 0.2) is 48.7 Å². The molecule has 8 nitrogen and oxygen atoms in total. The van der Waals surface area contributed by atoms with Gasteiger partial charge in [0.25, 0.3) is 11.8 Å². The lowest BCUT2D eigenvalue weighted by molar-refractivity contribution is -0.136. The monoisotopic (exact) mass is 442 g/mol.